The van der Waals surface area contributed by atoms with E-state index in [1.54, 1.807) is 0 Å². The summed E-state index contributed by atoms with van der Waals surface area (Å²) >= 11 is 0. The number of halogens is 7. The average molecular weight is 470 g/mol. The second-order valence-electron chi connectivity index (χ2n) is 4.60. The summed E-state index contributed by atoms with van der Waals surface area (Å²) in [5.41, 5.74) is -2.39. The van der Waals surface area contributed by atoms with Gasteiger partial charge in [0.05, 0.1) is 6.42 Å². The van der Waals surface area contributed by atoms with Crippen LogP contribution in [0.2, 0.25) is 0 Å². The van der Waals surface area contributed by atoms with Crippen LogP contribution < -0.4 is 0 Å². The number of carbonyl (C=O) groups is 3. The number of aliphatic carboxylic acids is 1. The molecule has 0 radical (unpaired) electrons. The molecule has 0 aromatic carbocycles. The van der Waals surface area contributed by atoms with Crippen LogP contribution in [0.5, 0.6) is 0 Å². The Morgan fingerprint density at radius 3 is 1.50 bits per heavy atom. The largest absolute Gasteiger partial charge is 0.481 e. The van der Waals surface area contributed by atoms with Crippen LogP contribution >= 0.6 is 0 Å². The zero-order valence-corrected chi connectivity index (χ0v) is 14.2. The standard InChI is InChI=1S/C10H9F7O4.Nd/c1-7(2,6(20)21)4(18)3-5(19)8(11,12)9(13,14)10(15,16)17;/h3H2,1-2H3,(H,20,21);. The van der Waals surface area contributed by atoms with Gasteiger partial charge in [0, 0.05) is 40.8 Å². The quantitative estimate of drug-likeness (QED) is 0.478. The fourth-order valence-electron chi connectivity index (χ4n) is 0.950. The molecule has 0 aromatic rings. The first-order valence-electron chi connectivity index (χ1n) is 5.12. The number of Topliss-reactive ketones (excluding diaryl/α,β-unsaturated/α-hetero) is 2. The molecule has 0 aliphatic rings. The van der Waals surface area contributed by atoms with Gasteiger partial charge in [0.1, 0.15) is 5.41 Å². The summed E-state index contributed by atoms with van der Waals surface area (Å²) in [6.45, 7) is 1.37. The minimum atomic E-state index is -6.71. The van der Waals surface area contributed by atoms with E-state index in [4.69, 9.17) is 5.11 Å². The van der Waals surface area contributed by atoms with Crippen molar-refractivity contribution in [3.05, 3.63) is 0 Å². The Bertz CT molecular complexity index is 470. The van der Waals surface area contributed by atoms with Crippen LogP contribution in [0.25, 0.3) is 0 Å². The predicted octanol–water partition coefficient (Wildman–Crippen LogP) is 2.46. The van der Waals surface area contributed by atoms with E-state index in [2.05, 4.69) is 0 Å². The van der Waals surface area contributed by atoms with Crippen molar-refractivity contribution in [3.63, 3.8) is 0 Å². The van der Waals surface area contributed by atoms with Gasteiger partial charge in [0.25, 0.3) is 0 Å². The molecule has 0 atom stereocenters. The molecule has 0 aliphatic carbocycles. The maximum absolute atomic E-state index is 12.9. The summed E-state index contributed by atoms with van der Waals surface area (Å²) in [5, 5.41) is 8.57. The number of carbonyl (C=O) groups excluding carboxylic acids is 2. The minimum absolute atomic E-state index is 0. The van der Waals surface area contributed by atoms with Gasteiger partial charge >= 0.3 is 24.0 Å². The van der Waals surface area contributed by atoms with Crippen LogP contribution in [0.3, 0.4) is 0 Å². The van der Waals surface area contributed by atoms with Gasteiger partial charge in [-0.2, -0.15) is 30.7 Å². The summed E-state index contributed by atoms with van der Waals surface area (Å²) in [6.07, 6.45) is -8.78. The van der Waals surface area contributed by atoms with Crippen molar-refractivity contribution in [3.8, 4) is 0 Å². The van der Waals surface area contributed by atoms with Crippen molar-refractivity contribution in [2.75, 3.05) is 0 Å². The Labute approximate surface area is 151 Å². The average Bonchev–Trinajstić information content (AvgIpc) is 2.26. The third-order valence-electron chi connectivity index (χ3n) is 2.65. The Balaban J connectivity index is 0. The number of ketones is 2. The molecule has 0 saturated carbocycles. The van der Waals surface area contributed by atoms with E-state index in [1.165, 1.54) is 0 Å². The van der Waals surface area contributed by atoms with Gasteiger partial charge in [-0.05, 0) is 13.8 Å². The van der Waals surface area contributed by atoms with Crippen LogP contribution in [0.15, 0.2) is 0 Å². The fourth-order valence-corrected chi connectivity index (χ4v) is 0.950. The molecule has 0 saturated heterocycles. The zero-order valence-electron chi connectivity index (χ0n) is 11.0. The van der Waals surface area contributed by atoms with Gasteiger partial charge in [0.2, 0.25) is 5.78 Å². The van der Waals surface area contributed by atoms with Crippen LogP contribution in [0, 0.1) is 46.3 Å². The zero-order chi connectivity index (χ0) is 17.4. The topological polar surface area (TPSA) is 71.4 Å². The molecule has 0 fully saturated rings. The van der Waals surface area contributed by atoms with Gasteiger partial charge in [-0.25, -0.2) is 0 Å². The number of alkyl halides is 7. The Morgan fingerprint density at radius 2 is 1.23 bits per heavy atom. The van der Waals surface area contributed by atoms with Crippen molar-refractivity contribution in [2.24, 2.45) is 5.41 Å². The molecule has 0 bridgehead atoms. The number of hydrogen-bond acceptors (Lipinski definition) is 3. The van der Waals surface area contributed by atoms with Gasteiger partial charge in [-0.3, -0.25) is 14.4 Å². The van der Waals surface area contributed by atoms with E-state index in [0.717, 1.165) is 0 Å². The van der Waals surface area contributed by atoms with Crippen LogP contribution in [-0.2, 0) is 14.4 Å². The molecule has 1 N–H and O–H groups in total. The van der Waals surface area contributed by atoms with Crippen molar-refractivity contribution in [2.45, 2.75) is 38.3 Å². The monoisotopic (exact) mass is 468 g/mol. The normalized spacial score (nSPS) is 13.3. The molecule has 12 heteroatoms. The van der Waals surface area contributed by atoms with E-state index in [0.29, 0.717) is 13.8 Å². The SMILES string of the molecule is CC(C)(C(=O)O)C(=O)CC(=O)C(F)(F)C(F)(F)C(F)(F)F.[Nd]. The van der Waals surface area contributed by atoms with E-state index in [1.807, 2.05) is 0 Å². The molecule has 0 aromatic heterocycles. The molecule has 22 heavy (non-hydrogen) atoms. The molecule has 126 valence electrons. The van der Waals surface area contributed by atoms with Crippen LogP contribution in [0.1, 0.15) is 20.3 Å². The summed E-state index contributed by atoms with van der Waals surface area (Å²) in [4.78, 5) is 32.8. The predicted molar refractivity (Wildman–Crippen MR) is 52.0 cm³/mol. The third kappa shape index (κ3) is 4.36. The molecule has 0 rings (SSSR count). The van der Waals surface area contributed by atoms with Crippen molar-refractivity contribution in [1.82, 2.24) is 0 Å². The van der Waals surface area contributed by atoms with E-state index < -0.39 is 47.4 Å². The summed E-state index contributed by atoms with van der Waals surface area (Å²) in [5.74, 6) is -19.5. The second-order valence-corrected chi connectivity index (χ2v) is 4.60. The van der Waals surface area contributed by atoms with Gasteiger partial charge < -0.3 is 5.11 Å². The third-order valence-corrected chi connectivity index (χ3v) is 2.65. The molecular weight excluding hydrogens is 461 g/mol. The van der Waals surface area contributed by atoms with Gasteiger partial charge in [-0.15, -0.1) is 0 Å². The maximum atomic E-state index is 12.9. The van der Waals surface area contributed by atoms with Crippen LogP contribution in [0.4, 0.5) is 30.7 Å². The first kappa shape index (κ1) is 23.9. The first-order valence-corrected chi connectivity index (χ1v) is 5.12. The molecule has 0 spiro atoms. The summed E-state index contributed by atoms with van der Waals surface area (Å²) in [7, 11) is 0. The number of rotatable bonds is 6. The molecule has 0 heterocycles. The summed E-state index contributed by atoms with van der Waals surface area (Å²) < 4.78 is 86.4. The molecule has 0 amide bonds. The van der Waals surface area contributed by atoms with Gasteiger partial charge in [-0.1, -0.05) is 0 Å². The second kappa shape index (κ2) is 7.05. The Hall–Kier alpha value is -0.329. The molecular formula is C10H9F7NdO4. The van der Waals surface area contributed by atoms with Crippen molar-refractivity contribution >= 4 is 17.5 Å². The van der Waals surface area contributed by atoms with Crippen molar-refractivity contribution < 1.29 is 91.1 Å². The Morgan fingerprint density at radius 1 is 0.864 bits per heavy atom. The molecule has 4 nitrogen and oxygen atoms in total. The van der Waals surface area contributed by atoms with E-state index >= 15 is 0 Å². The van der Waals surface area contributed by atoms with E-state index in [-0.39, 0.29) is 40.8 Å². The van der Waals surface area contributed by atoms with Gasteiger partial charge in [0.15, 0.2) is 5.78 Å². The molecule has 0 unspecified atom stereocenters. The molecule has 0 aliphatic heterocycles. The smallest absolute Gasteiger partial charge is 0.460 e. The van der Waals surface area contributed by atoms with Crippen molar-refractivity contribution in [1.29, 1.82) is 0 Å². The fraction of sp³-hybridized carbons (Fsp3) is 0.700. The Kier molecular flexibility index (Phi) is 7.67. The minimum Gasteiger partial charge on any atom is -0.481 e. The first-order chi connectivity index (χ1) is 8.99. The number of carboxylic acids is 1. The number of hydrogen-bond donors (Lipinski definition) is 1. The van der Waals surface area contributed by atoms with E-state index in [9.17, 15) is 45.1 Å². The van der Waals surface area contributed by atoms with Crippen LogP contribution in [-0.4, -0.2) is 40.7 Å². The summed E-state index contributed by atoms with van der Waals surface area (Å²) in [6, 6.07) is 0. The number of carboxylic acid groups (broad SMARTS) is 1. The maximum Gasteiger partial charge on any atom is 0.460 e.